The molecule has 122 valence electrons. The van der Waals surface area contributed by atoms with E-state index < -0.39 is 0 Å². The molecule has 0 spiro atoms. The van der Waals surface area contributed by atoms with Gasteiger partial charge >= 0.3 is 0 Å². The lowest BCUT2D eigenvalue weighted by atomic mass is 10.1. The molecule has 1 aliphatic rings. The number of aryl methyl sites for hydroxylation is 2. The molecule has 23 heavy (non-hydrogen) atoms. The Bertz CT molecular complexity index is 792. The summed E-state index contributed by atoms with van der Waals surface area (Å²) in [5.41, 5.74) is 0.000611. The minimum atomic E-state index is -0.270. The average molecular weight is 316 g/mol. The van der Waals surface area contributed by atoms with Gasteiger partial charge in [-0.1, -0.05) is 13.8 Å². The SMILES string of the molecule is CC(C)c1nnc2n1C[C@@H](NC(=O)c1ccc(=O)n(C)n1)CC2. The van der Waals surface area contributed by atoms with Gasteiger partial charge < -0.3 is 9.88 Å². The highest BCUT2D eigenvalue weighted by Gasteiger charge is 2.25. The Morgan fingerprint density at radius 3 is 2.83 bits per heavy atom. The maximum atomic E-state index is 12.3. The molecule has 0 saturated carbocycles. The van der Waals surface area contributed by atoms with E-state index in [1.807, 2.05) is 0 Å². The lowest BCUT2D eigenvalue weighted by Gasteiger charge is -2.25. The lowest BCUT2D eigenvalue weighted by molar-refractivity contribution is 0.0919. The molecule has 0 unspecified atom stereocenters. The van der Waals surface area contributed by atoms with Gasteiger partial charge in [-0.2, -0.15) is 5.10 Å². The number of hydrogen-bond acceptors (Lipinski definition) is 5. The fraction of sp³-hybridized carbons (Fsp3) is 0.533. The number of rotatable bonds is 3. The maximum Gasteiger partial charge on any atom is 0.272 e. The molecule has 0 bridgehead atoms. The van der Waals surface area contributed by atoms with E-state index in [9.17, 15) is 9.59 Å². The topological polar surface area (TPSA) is 94.7 Å². The number of carbonyl (C=O) groups is 1. The van der Waals surface area contributed by atoms with Crippen molar-refractivity contribution in [2.75, 3.05) is 0 Å². The number of aromatic nitrogens is 5. The van der Waals surface area contributed by atoms with Crippen molar-refractivity contribution >= 4 is 5.91 Å². The first-order valence-electron chi connectivity index (χ1n) is 7.73. The van der Waals surface area contributed by atoms with Crippen molar-refractivity contribution in [1.29, 1.82) is 0 Å². The average Bonchev–Trinajstić information content (AvgIpc) is 2.93. The van der Waals surface area contributed by atoms with Crippen LogP contribution in [0.15, 0.2) is 16.9 Å². The molecule has 8 heteroatoms. The Morgan fingerprint density at radius 2 is 2.13 bits per heavy atom. The zero-order valence-corrected chi connectivity index (χ0v) is 13.5. The van der Waals surface area contributed by atoms with Crippen LogP contribution < -0.4 is 10.9 Å². The fourth-order valence-corrected chi connectivity index (χ4v) is 2.78. The van der Waals surface area contributed by atoms with Crippen molar-refractivity contribution in [2.24, 2.45) is 7.05 Å². The van der Waals surface area contributed by atoms with E-state index in [2.05, 4.69) is 39.0 Å². The van der Waals surface area contributed by atoms with Gasteiger partial charge in [0.05, 0.1) is 0 Å². The van der Waals surface area contributed by atoms with Gasteiger partial charge in [-0.15, -0.1) is 10.2 Å². The molecule has 2 aromatic heterocycles. The van der Waals surface area contributed by atoms with Crippen LogP contribution in [0, 0.1) is 0 Å². The van der Waals surface area contributed by atoms with Crippen LogP contribution in [-0.2, 0) is 20.0 Å². The predicted octanol–water partition coefficient (Wildman–Crippen LogP) is 0.240. The molecule has 1 amide bonds. The molecule has 3 rings (SSSR count). The molecule has 8 nitrogen and oxygen atoms in total. The van der Waals surface area contributed by atoms with Crippen molar-refractivity contribution in [1.82, 2.24) is 29.9 Å². The van der Waals surface area contributed by atoms with E-state index in [1.54, 1.807) is 0 Å². The smallest absolute Gasteiger partial charge is 0.272 e. The molecule has 1 atom stereocenters. The molecule has 0 aromatic carbocycles. The fourth-order valence-electron chi connectivity index (χ4n) is 2.78. The van der Waals surface area contributed by atoms with Gasteiger partial charge in [-0.05, 0) is 12.5 Å². The summed E-state index contributed by atoms with van der Waals surface area (Å²) in [6.45, 7) is 4.81. The monoisotopic (exact) mass is 316 g/mol. The Balaban J connectivity index is 1.74. The van der Waals surface area contributed by atoms with Gasteiger partial charge in [0.2, 0.25) is 0 Å². The molecule has 3 heterocycles. The zero-order chi connectivity index (χ0) is 16.6. The number of nitrogens with zero attached hydrogens (tertiary/aromatic N) is 5. The van der Waals surface area contributed by atoms with Crippen LogP contribution >= 0.6 is 0 Å². The summed E-state index contributed by atoms with van der Waals surface area (Å²) in [5.74, 6) is 1.93. The van der Waals surface area contributed by atoms with Gasteiger partial charge in [0.15, 0.2) is 0 Å². The molecule has 0 saturated heterocycles. The normalized spacial score (nSPS) is 17.1. The minimum Gasteiger partial charge on any atom is -0.346 e. The number of nitrogens with one attached hydrogen (secondary N) is 1. The standard InChI is InChI=1S/C15H20N6O2/c1-9(2)14-18-17-12-6-4-10(8-21(12)14)16-15(23)11-5-7-13(22)20(3)19-11/h5,7,9-10H,4,6,8H2,1-3H3,(H,16,23)/t10-/m0/s1. The number of hydrogen-bond donors (Lipinski definition) is 1. The predicted molar refractivity (Wildman–Crippen MR) is 83.2 cm³/mol. The van der Waals surface area contributed by atoms with Crippen molar-refractivity contribution in [3.8, 4) is 0 Å². The molecule has 0 aliphatic carbocycles. The molecular formula is C15H20N6O2. The Kier molecular flexibility index (Phi) is 3.97. The first-order valence-corrected chi connectivity index (χ1v) is 7.73. The Labute approximate surface area is 133 Å². The molecule has 1 aliphatic heterocycles. The minimum absolute atomic E-state index is 0.00235. The third kappa shape index (κ3) is 3.01. The third-order valence-electron chi connectivity index (χ3n) is 4.02. The molecular weight excluding hydrogens is 296 g/mol. The number of amides is 1. The molecule has 0 radical (unpaired) electrons. The largest absolute Gasteiger partial charge is 0.346 e. The summed E-state index contributed by atoms with van der Waals surface area (Å²) in [4.78, 5) is 23.7. The van der Waals surface area contributed by atoms with Crippen molar-refractivity contribution in [3.05, 3.63) is 39.8 Å². The molecule has 1 N–H and O–H groups in total. The zero-order valence-electron chi connectivity index (χ0n) is 13.5. The lowest BCUT2D eigenvalue weighted by Crippen LogP contribution is -2.42. The van der Waals surface area contributed by atoms with Gasteiger partial charge in [-0.25, -0.2) is 4.68 Å². The number of fused-ring (bicyclic) bond motifs is 1. The van der Waals surface area contributed by atoms with E-state index >= 15 is 0 Å². The summed E-state index contributed by atoms with van der Waals surface area (Å²) in [6, 6.07) is 2.80. The Morgan fingerprint density at radius 1 is 1.35 bits per heavy atom. The summed E-state index contributed by atoms with van der Waals surface area (Å²) >= 11 is 0. The van der Waals surface area contributed by atoms with Crippen LogP contribution in [0.3, 0.4) is 0 Å². The number of carbonyl (C=O) groups excluding carboxylic acids is 1. The highest BCUT2D eigenvalue weighted by Crippen LogP contribution is 2.20. The van der Waals surface area contributed by atoms with Gasteiger partial charge in [-0.3, -0.25) is 9.59 Å². The van der Waals surface area contributed by atoms with E-state index in [0.717, 1.165) is 29.2 Å². The molecule has 2 aromatic rings. The molecule has 0 fully saturated rings. The quantitative estimate of drug-likeness (QED) is 0.875. The van der Waals surface area contributed by atoms with E-state index in [4.69, 9.17) is 0 Å². The Hall–Kier alpha value is -2.51. The van der Waals surface area contributed by atoms with Crippen LogP contribution in [-0.4, -0.2) is 36.5 Å². The van der Waals surface area contributed by atoms with E-state index in [1.165, 1.54) is 19.2 Å². The highest BCUT2D eigenvalue weighted by molar-refractivity contribution is 5.92. The third-order valence-corrected chi connectivity index (χ3v) is 4.02. The van der Waals surface area contributed by atoms with Crippen molar-refractivity contribution in [2.45, 2.75) is 45.2 Å². The van der Waals surface area contributed by atoms with E-state index in [0.29, 0.717) is 6.54 Å². The first kappa shape index (κ1) is 15.4. The van der Waals surface area contributed by atoms with Crippen LogP contribution in [0.25, 0.3) is 0 Å². The van der Waals surface area contributed by atoms with Crippen LogP contribution in [0.5, 0.6) is 0 Å². The summed E-state index contributed by atoms with van der Waals surface area (Å²) in [7, 11) is 1.53. The maximum absolute atomic E-state index is 12.3. The van der Waals surface area contributed by atoms with Gasteiger partial charge in [0, 0.05) is 38.0 Å². The summed E-state index contributed by atoms with van der Waals surface area (Å²) in [6.07, 6.45) is 1.60. The van der Waals surface area contributed by atoms with Crippen LogP contribution in [0.4, 0.5) is 0 Å². The highest BCUT2D eigenvalue weighted by atomic mass is 16.2. The van der Waals surface area contributed by atoms with Crippen molar-refractivity contribution in [3.63, 3.8) is 0 Å². The van der Waals surface area contributed by atoms with E-state index in [-0.39, 0.29) is 29.1 Å². The second-order valence-corrected chi connectivity index (χ2v) is 6.13. The van der Waals surface area contributed by atoms with Crippen molar-refractivity contribution < 1.29 is 4.79 Å². The second kappa shape index (κ2) is 5.94. The van der Waals surface area contributed by atoms with Crippen LogP contribution in [0.1, 0.15) is 48.3 Å². The second-order valence-electron chi connectivity index (χ2n) is 6.13. The first-order chi connectivity index (χ1) is 11.0. The van der Waals surface area contributed by atoms with Crippen LogP contribution in [0.2, 0.25) is 0 Å². The van der Waals surface area contributed by atoms with Gasteiger partial charge in [0.1, 0.15) is 17.3 Å². The summed E-state index contributed by atoms with van der Waals surface area (Å²) in [5, 5.41) is 15.4. The summed E-state index contributed by atoms with van der Waals surface area (Å²) < 4.78 is 3.25. The van der Waals surface area contributed by atoms with Gasteiger partial charge in [0.25, 0.3) is 11.5 Å².